The van der Waals surface area contributed by atoms with Crippen LogP contribution in [0.4, 0.5) is 0 Å². The molecule has 0 aliphatic heterocycles. The van der Waals surface area contributed by atoms with Gasteiger partial charge in [0, 0.05) is 13.7 Å². The van der Waals surface area contributed by atoms with E-state index in [9.17, 15) is 19.6 Å². The first-order valence-electron chi connectivity index (χ1n) is 60.6. The number of rotatable bonds is 136. The second-order valence-electron chi connectivity index (χ2n) is 39.7. The summed E-state index contributed by atoms with van der Waals surface area (Å²) >= 11 is 0. The van der Waals surface area contributed by atoms with Crippen LogP contribution in [0.5, 0.6) is 0 Å². The van der Waals surface area contributed by atoms with Crippen LogP contribution in [-0.2, 0) is 123 Å². The van der Waals surface area contributed by atoms with Crippen LogP contribution >= 0.6 is 15.2 Å². The number of ether oxygens (including phenoxy) is 24. The van der Waals surface area contributed by atoms with E-state index < -0.39 is 25.8 Å². The Kier molecular flexibility index (Phi) is 123. The molecule has 0 amide bonds. The van der Waals surface area contributed by atoms with Crippen LogP contribution in [0.15, 0.2) is 0 Å². The Hall–Kier alpha value is -0.700. The molecule has 31 nitrogen and oxygen atoms in total. The molecule has 148 heavy (non-hydrogen) atoms. The number of nitrogens with zero attached hydrogens (tertiary/aromatic N) is 1. The Labute approximate surface area is 905 Å². The van der Waals surface area contributed by atoms with E-state index in [1.54, 1.807) is 12.0 Å². The topological polar surface area (TPSA) is 340 Å². The summed E-state index contributed by atoms with van der Waals surface area (Å²) in [4.78, 5) is 51.4. The van der Waals surface area contributed by atoms with Crippen molar-refractivity contribution in [2.45, 2.75) is 424 Å². The van der Waals surface area contributed by atoms with Gasteiger partial charge in [-0.05, 0) is 25.7 Å². The monoisotopic (exact) mass is 2170 g/mol. The predicted octanol–water partition coefficient (Wildman–Crippen LogP) is 24.6. The molecule has 0 radical (unpaired) electrons. The van der Waals surface area contributed by atoms with E-state index in [0.29, 0.717) is 316 Å². The molecule has 0 aliphatic carbocycles. The van der Waals surface area contributed by atoms with Crippen LogP contribution in [0.25, 0.3) is 0 Å². The highest BCUT2D eigenvalue weighted by atomic mass is 31.2. The van der Waals surface area contributed by atoms with E-state index in [0.717, 1.165) is 103 Å². The molecule has 0 aromatic carbocycles. The van der Waals surface area contributed by atoms with Crippen molar-refractivity contribution in [2.24, 2.45) is 0 Å². The van der Waals surface area contributed by atoms with Crippen LogP contribution in [0.1, 0.15) is 413 Å². The zero-order chi connectivity index (χ0) is 107. The summed E-state index contributed by atoms with van der Waals surface area (Å²) in [6.45, 7) is 30.3. The zero-order valence-electron chi connectivity index (χ0n) is 96.1. The van der Waals surface area contributed by atoms with Gasteiger partial charge in [-0.25, -0.2) is 0 Å². The first-order chi connectivity index (χ1) is 72.9. The predicted molar refractivity (Wildman–Crippen MR) is 597 cm³/mol. The third-order valence-corrected chi connectivity index (χ3v) is 30.4. The van der Waals surface area contributed by atoms with E-state index in [1.807, 2.05) is 0 Å². The van der Waals surface area contributed by atoms with E-state index in [1.165, 1.54) is 231 Å². The standard InChI is InChI=1S/C115H235NO30P2/c1-6-10-14-18-22-26-30-34-38-42-46-50-54-58-62-114(147(117,118)119,63-59-55-51-47-43-39-35-31-27-23-19-15-11-7-2)116(115(148(120,121)122,64-60-56-52-48-44-40-36-32-28-24-20-16-12-8-3)65-61-57-53-49-45-41-37-33-29-25-21-17-13-9-4)66-67-124-70-71-126-74-75-128-78-79-130-82-83-132-86-87-134-90-91-136-94-95-138-98-99-140-102-103-142-106-107-144-110-111-146-113-112-145-109-108-143-105-104-141-101-100-139-97-96-137-93-92-135-89-88-133-85-84-131-81-80-129-77-76-127-73-72-125-69-68-123-5/h6-113H2,1-5H3,(H2,117,118,119)(H2,120,121,122). The van der Waals surface area contributed by atoms with Crippen molar-refractivity contribution in [1.82, 2.24) is 4.90 Å². The Morgan fingerprint density at radius 3 is 0.345 bits per heavy atom. The Balaban J connectivity index is 4.87. The van der Waals surface area contributed by atoms with Crippen LogP contribution in [0.2, 0.25) is 0 Å². The molecule has 0 fully saturated rings. The summed E-state index contributed by atoms with van der Waals surface area (Å²) in [6, 6.07) is 0. The lowest BCUT2D eigenvalue weighted by Gasteiger charge is -2.54. The fourth-order valence-corrected chi connectivity index (χ4v) is 21.2. The van der Waals surface area contributed by atoms with Gasteiger partial charge in [0.05, 0.1) is 311 Å². The molecule has 890 valence electrons. The van der Waals surface area contributed by atoms with Crippen molar-refractivity contribution in [3.05, 3.63) is 0 Å². The first-order valence-corrected chi connectivity index (χ1v) is 63.8. The molecular formula is C115H235NO30P2. The van der Waals surface area contributed by atoms with Gasteiger partial charge in [-0.3, -0.25) is 14.0 Å². The molecule has 0 atom stereocenters. The van der Waals surface area contributed by atoms with E-state index in [4.69, 9.17) is 114 Å². The van der Waals surface area contributed by atoms with E-state index in [-0.39, 0.29) is 52.0 Å². The molecule has 0 saturated carbocycles. The van der Waals surface area contributed by atoms with Gasteiger partial charge in [-0.15, -0.1) is 0 Å². The molecule has 4 N–H and O–H groups in total. The average Bonchev–Trinajstić information content (AvgIpc) is 0.724. The summed E-state index contributed by atoms with van der Waals surface area (Å²) in [6.07, 6.45) is 65.6. The molecule has 0 unspecified atom stereocenters. The molecule has 0 spiro atoms. The molecule has 0 aromatic rings. The van der Waals surface area contributed by atoms with E-state index in [2.05, 4.69) is 27.7 Å². The minimum absolute atomic E-state index is 0.00474. The van der Waals surface area contributed by atoms with E-state index >= 15 is 9.13 Å². The van der Waals surface area contributed by atoms with Gasteiger partial charge in [0.25, 0.3) is 0 Å². The fourth-order valence-electron chi connectivity index (χ4n) is 18.1. The lowest BCUT2D eigenvalue weighted by atomic mass is 9.92. The maximum absolute atomic E-state index is 15.2. The van der Waals surface area contributed by atoms with Gasteiger partial charge >= 0.3 is 15.2 Å². The van der Waals surface area contributed by atoms with Crippen LogP contribution in [0, 0.1) is 0 Å². The second kappa shape index (κ2) is 123. The van der Waals surface area contributed by atoms with Crippen molar-refractivity contribution in [2.75, 3.05) is 324 Å². The zero-order valence-corrected chi connectivity index (χ0v) is 97.9. The van der Waals surface area contributed by atoms with Crippen LogP contribution in [-0.4, -0.2) is 359 Å². The Bertz CT molecular complexity index is 2410. The summed E-state index contributed by atoms with van der Waals surface area (Å²) in [5.74, 6) is 0. The fraction of sp³-hybridized carbons (Fsp3) is 1.00. The molecule has 33 heteroatoms. The Morgan fingerprint density at radius 2 is 0.243 bits per heavy atom. The van der Waals surface area contributed by atoms with Crippen molar-refractivity contribution in [3.63, 3.8) is 0 Å². The highest BCUT2D eigenvalue weighted by Crippen LogP contribution is 2.67. The summed E-state index contributed by atoms with van der Waals surface area (Å²) in [5.41, 5.74) is 0. The molecule has 0 aliphatic rings. The summed E-state index contributed by atoms with van der Waals surface area (Å²) in [5, 5.41) is -3.57. The third kappa shape index (κ3) is 104. The number of hydrogen-bond acceptors (Lipinski definition) is 27. The highest BCUT2D eigenvalue weighted by Gasteiger charge is 2.62. The van der Waals surface area contributed by atoms with Gasteiger partial charge in [0.1, 0.15) is 10.6 Å². The van der Waals surface area contributed by atoms with Crippen molar-refractivity contribution in [3.8, 4) is 0 Å². The molecule has 0 heterocycles. The molecule has 0 saturated heterocycles. The largest absolute Gasteiger partial charge is 0.382 e. The minimum atomic E-state index is -5.11. The molecule has 0 aromatic heterocycles. The first kappa shape index (κ1) is 147. The van der Waals surface area contributed by atoms with Crippen LogP contribution in [0.3, 0.4) is 0 Å². The van der Waals surface area contributed by atoms with Crippen molar-refractivity contribution >= 4 is 15.2 Å². The Morgan fingerprint density at radius 1 is 0.149 bits per heavy atom. The van der Waals surface area contributed by atoms with Gasteiger partial charge < -0.3 is 133 Å². The van der Waals surface area contributed by atoms with Crippen molar-refractivity contribution < 1.29 is 142 Å². The maximum atomic E-state index is 15.2. The SMILES string of the molecule is CCCCCCCCCCCCCCCCC(CCCCCCCCCCCCCCCC)(N(CCOCCOCCOCCOCCOCCOCCOCCOCCOCCOCCOCCOCCOCCOCCOCCOCCOCCOCCOCCOCCOCCOCCOCCOC)C(CCCCCCCCCCCCCCCC)(CCCCCCCCCCCCCCCC)P(=O)(O)O)P(=O)(O)O. The summed E-state index contributed by atoms with van der Waals surface area (Å²) < 4.78 is 165. The molecule has 0 bridgehead atoms. The summed E-state index contributed by atoms with van der Waals surface area (Å²) in [7, 11) is -8.58. The average molecular weight is 2170 g/mol. The van der Waals surface area contributed by atoms with Gasteiger partial charge in [-0.2, -0.15) is 0 Å². The smallest absolute Gasteiger partial charge is 0.345 e. The lowest BCUT2D eigenvalue weighted by Crippen LogP contribution is -2.61. The normalized spacial score (nSPS) is 12.4. The van der Waals surface area contributed by atoms with Crippen LogP contribution < -0.4 is 0 Å². The number of unbranched alkanes of at least 4 members (excludes halogenated alkanes) is 52. The maximum Gasteiger partial charge on any atom is 0.345 e. The van der Waals surface area contributed by atoms with Gasteiger partial charge in [0.2, 0.25) is 0 Å². The molecular weight excluding hydrogens is 1940 g/mol. The minimum Gasteiger partial charge on any atom is -0.382 e. The third-order valence-electron chi connectivity index (χ3n) is 26.9. The van der Waals surface area contributed by atoms with Crippen molar-refractivity contribution in [1.29, 1.82) is 0 Å². The number of hydrogen-bond donors (Lipinski definition) is 4. The van der Waals surface area contributed by atoms with Gasteiger partial charge in [0.15, 0.2) is 0 Å². The second-order valence-corrected chi connectivity index (χ2v) is 43.5. The number of methoxy groups -OCH3 is 1. The van der Waals surface area contributed by atoms with Gasteiger partial charge in [-0.1, -0.05) is 387 Å². The lowest BCUT2D eigenvalue weighted by molar-refractivity contribution is -0.0326. The highest BCUT2D eigenvalue weighted by molar-refractivity contribution is 7.54. The molecule has 0 rings (SSSR count). The quantitative estimate of drug-likeness (QED) is 0.0325.